The predicted molar refractivity (Wildman–Crippen MR) is 76.6 cm³/mol. The predicted octanol–water partition coefficient (Wildman–Crippen LogP) is 3.54. The van der Waals surface area contributed by atoms with Gasteiger partial charge in [0.15, 0.2) is 0 Å². The van der Waals surface area contributed by atoms with Gasteiger partial charge in [-0.05, 0) is 30.5 Å². The second-order valence-corrected chi connectivity index (χ2v) is 7.50. The summed E-state index contributed by atoms with van der Waals surface area (Å²) in [5, 5.41) is 0.615. The molecule has 0 aliphatic carbocycles. The average molecular weight is 386 g/mol. The monoisotopic (exact) mass is 385 g/mol. The molecule has 0 bridgehead atoms. The summed E-state index contributed by atoms with van der Waals surface area (Å²) in [6.45, 7) is -0.181. The second-order valence-electron chi connectivity index (χ2n) is 5.00. The van der Waals surface area contributed by atoms with Gasteiger partial charge < -0.3 is 0 Å². The van der Waals surface area contributed by atoms with Gasteiger partial charge in [-0.25, -0.2) is 8.42 Å². The van der Waals surface area contributed by atoms with Crippen LogP contribution in [-0.2, 0) is 15.4 Å². The Morgan fingerprint density at radius 3 is 2.10 bits per heavy atom. The summed E-state index contributed by atoms with van der Waals surface area (Å²) in [4.78, 5) is 0.123. The lowest BCUT2D eigenvalue weighted by molar-refractivity contribution is -0.182. The molecule has 1 fully saturated rings. The number of hydrogen-bond donors (Lipinski definition) is 0. The van der Waals surface area contributed by atoms with E-state index in [1.54, 1.807) is 12.1 Å². The van der Waals surface area contributed by atoms with E-state index in [-0.39, 0.29) is 30.8 Å². The molecule has 0 aromatic heterocycles. The zero-order valence-electron chi connectivity index (χ0n) is 11.1. The van der Waals surface area contributed by atoms with Crippen molar-refractivity contribution in [2.24, 2.45) is 5.92 Å². The highest BCUT2D eigenvalue weighted by molar-refractivity contribution is 9.08. The lowest BCUT2D eigenvalue weighted by atomic mass is 9.98. The van der Waals surface area contributed by atoms with E-state index in [1.807, 2.05) is 0 Å². The zero-order chi connectivity index (χ0) is 15.7. The van der Waals surface area contributed by atoms with Gasteiger partial charge in [0.1, 0.15) is 0 Å². The van der Waals surface area contributed by atoms with Gasteiger partial charge >= 0.3 is 6.18 Å². The first-order valence-electron chi connectivity index (χ1n) is 6.47. The van der Waals surface area contributed by atoms with E-state index < -0.39 is 22.1 Å². The minimum atomic E-state index is -4.24. The van der Waals surface area contributed by atoms with E-state index in [1.165, 1.54) is 12.1 Å². The van der Waals surface area contributed by atoms with Crippen molar-refractivity contribution in [3.05, 3.63) is 29.8 Å². The van der Waals surface area contributed by atoms with Gasteiger partial charge in [0.2, 0.25) is 10.0 Å². The molecule has 8 heteroatoms. The fraction of sp³-hybridized carbons (Fsp3) is 0.538. The Morgan fingerprint density at radius 2 is 1.67 bits per heavy atom. The fourth-order valence-electron chi connectivity index (χ4n) is 2.32. The molecule has 1 aliphatic heterocycles. The maximum atomic E-state index is 12.6. The Bertz CT molecular complexity index is 578. The molecule has 2 rings (SSSR count). The largest absolute Gasteiger partial charge is 0.391 e. The molecule has 1 heterocycles. The van der Waals surface area contributed by atoms with Gasteiger partial charge in [-0.15, -0.1) is 0 Å². The maximum absolute atomic E-state index is 12.6. The van der Waals surface area contributed by atoms with Crippen molar-refractivity contribution in [3.63, 3.8) is 0 Å². The molecule has 1 aromatic rings. The first-order valence-corrected chi connectivity index (χ1v) is 9.03. The van der Waals surface area contributed by atoms with Crippen molar-refractivity contribution < 1.29 is 21.6 Å². The number of halogens is 4. The van der Waals surface area contributed by atoms with E-state index in [0.29, 0.717) is 5.33 Å². The Kier molecular flexibility index (Phi) is 4.99. The van der Waals surface area contributed by atoms with Crippen LogP contribution in [0.5, 0.6) is 0 Å². The van der Waals surface area contributed by atoms with Crippen molar-refractivity contribution in [2.75, 3.05) is 13.1 Å². The van der Waals surface area contributed by atoms with Crippen LogP contribution in [0.3, 0.4) is 0 Å². The highest BCUT2D eigenvalue weighted by Crippen LogP contribution is 2.35. The molecule has 1 aliphatic rings. The van der Waals surface area contributed by atoms with Gasteiger partial charge in [-0.1, -0.05) is 28.1 Å². The van der Waals surface area contributed by atoms with Crippen LogP contribution in [-0.4, -0.2) is 32.0 Å². The van der Waals surface area contributed by atoms with E-state index in [0.717, 1.165) is 9.87 Å². The smallest absolute Gasteiger partial charge is 0.207 e. The molecule has 3 nitrogen and oxygen atoms in total. The van der Waals surface area contributed by atoms with Gasteiger partial charge in [0.05, 0.1) is 10.8 Å². The van der Waals surface area contributed by atoms with Gasteiger partial charge in [0.25, 0.3) is 0 Å². The maximum Gasteiger partial charge on any atom is 0.391 e. The molecule has 0 saturated carbocycles. The summed E-state index contributed by atoms with van der Waals surface area (Å²) >= 11 is 3.27. The first kappa shape index (κ1) is 16.8. The molecule has 118 valence electrons. The van der Waals surface area contributed by atoms with Crippen molar-refractivity contribution in [1.82, 2.24) is 4.31 Å². The third-order valence-corrected chi connectivity index (χ3v) is 6.19. The summed E-state index contributed by atoms with van der Waals surface area (Å²) in [5.41, 5.74) is 0.935. The van der Waals surface area contributed by atoms with Crippen LogP contribution >= 0.6 is 15.9 Å². The number of nitrogens with zero attached hydrogens (tertiary/aromatic N) is 1. The van der Waals surface area contributed by atoms with Crippen molar-refractivity contribution in [1.29, 1.82) is 0 Å². The van der Waals surface area contributed by atoms with Crippen molar-refractivity contribution >= 4 is 26.0 Å². The topological polar surface area (TPSA) is 37.4 Å². The summed E-state index contributed by atoms with van der Waals surface area (Å²) in [6, 6.07) is 6.34. The molecule has 0 unspecified atom stereocenters. The van der Waals surface area contributed by atoms with Crippen LogP contribution in [0.4, 0.5) is 13.2 Å². The van der Waals surface area contributed by atoms with Crippen molar-refractivity contribution in [3.8, 4) is 0 Å². The number of sulfonamides is 1. The Hall–Kier alpha value is -0.600. The molecule has 0 amide bonds. The van der Waals surface area contributed by atoms with Crippen LogP contribution in [0.25, 0.3) is 0 Å². The van der Waals surface area contributed by atoms with Crippen molar-refractivity contribution in [2.45, 2.75) is 29.2 Å². The average Bonchev–Trinajstić information content (AvgIpc) is 2.46. The zero-order valence-corrected chi connectivity index (χ0v) is 13.5. The third-order valence-electron chi connectivity index (χ3n) is 3.63. The van der Waals surface area contributed by atoms with E-state index in [9.17, 15) is 21.6 Å². The lowest BCUT2D eigenvalue weighted by Crippen LogP contribution is -2.42. The Morgan fingerprint density at radius 1 is 1.14 bits per heavy atom. The highest BCUT2D eigenvalue weighted by Gasteiger charge is 2.42. The second kappa shape index (κ2) is 6.26. The van der Waals surface area contributed by atoms with E-state index >= 15 is 0 Å². The summed E-state index contributed by atoms with van der Waals surface area (Å²) < 4.78 is 63.7. The minimum absolute atomic E-state index is 0.0906. The van der Waals surface area contributed by atoms with Crippen LogP contribution in [0.2, 0.25) is 0 Å². The molecule has 0 atom stereocenters. The number of piperidine rings is 1. The number of hydrogen-bond acceptors (Lipinski definition) is 2. The van der Waals surface area contributed by atoms with Gasteiger partial charge in [-0.2, -0.15) is 17.5 Å². The molecule has 0 N–H and O–H groups in total. The van der Waals surface area contributed by atoms with Crippen LogP contribution in [0.1, 0.15) is 18.4 Å². The Labute approximate surface area is 130 Å². The third kappa shape index (κ3) is 3.78. The highest BCUT2D eigenvalue weighted by atomic mass is 79.9. The standard InChI is InChI=1S/C13H15BrF3NO2S/c14-9-10-1-3-12(4-2-10)21(19,20)18-7-5-11(6-8-18)13(15,16)17/h1-4,11H,5-9H2. The number of rotatable bonds is 3. The quantitative estimate of drug-likeness (QED) is 0.746. The van der Waals surface area contributed by atoms with Gasteiger partial charge in [0, 0.05) is 18.4 Å². The molecular weight excluding hydrogens is 371 g/mol. The summed E-state index contributed by atoms with van der Waals surface area (Å²) in [7, 11) is -3.71. The normalized spacial score (nSPS) is 18.9. The number of benzene rings is 1. The Balaban J connectivity index is 2.11. The molecule has 21 heavy (non-hydrogen) atoms. The first-order chi connectivity index (χ1) is 9.75. The van der Waals surface area contributed by atoms with Crippen LogP contribution in [0.15, 0.2) is 29.2 Å². The van der Waals surface area contributed by atoms with Crippen LogP contribution < -0.4 is 0 Å². The molecular formula is C13H15BrF3NO2S. The van der Waals surface area contributed by atoms with E-state index in [2.05, 4.69) is 15.9 Å². The minimum Gasteiger partial charge on any atom is -0.207 e. The summed E-state index contributed by atoms with van der Waals surface area (Å²) in [6.07, 6.45) is -4.60. The molecule has 1 saturated heterocycles. The number of alkyl halides is 4. The van der Waals surface area contributed by atoms with E-state index in [4.69, 9.17) is 0 Å². The van der Waals surface area contributed by atoms with Gasteiger partial charge in [-0.3, -0.25) is 0 Å². The molecule has 0 radical (unpaired) electrons. The van der Waals surface area contributed by atoms with Crippen LogP contribution in [0, 0.1) is 5.92 Å². The molecule has 1 aromatic carbocycles. The SMILES string of the molecule is O=S(=O)(c1ccc(CBr)cc1)N1CCC(C(F)(F)F)CC1. The lowest BCUT2D eigenvalue weighted by Gasteiger charge is -2.32. The molecule has 0 spiro atoms. The summed E-state index contributed by atoms with van der Waals surface area (Å²) in [5.74, 6) is -1.40. The fourth-order valence-corrected chi connectivity index (χ4v) is 4.17.